The van der Waals surface area contributed by atoms with Gasteiger partial charge in [-0.1, -0.05) is 64.0 Å². The monoisotopic (exact) mass is 417 g/mol. The molecule has 0 aliphatic heterocycles. The van der Waals surface area contributed by atoms with E-state index in [-0.39, 0.29) is 5.56 Å². The first-order chi connectivity index (χ1) is 14.0. The molecule has 1 aromatic heterocycles. The zero-order valence-corrected chi connectivity index (χ0v) is 19.3. The van der Waals surface area contributed by atoms with Crippen LogP contribution in [0.3, 0.4) is 0 Å². The zero-order valence-electron chi connectivity index (χ0n) is 18.5. The highest BCUT2D eigenvalue weighted by Gasteiger charge is 2.13. The molecule has 0 aliphatic carbocycles. The smallest absolute Gasteiger partial charge is 0.258 e. The summed E-state index contributed by atoms with van der Waals surface area (Å²) >= 11 is 6.71. The van der Waals surface area contributed by atoms with Gasteiger partial charge in [-0.25, -0.2) is 4.98 Å². The number of anilines is 1. The Hall–Kier alpha value is -1.81. The van der Waals surface area contributed by atoms with Gasteiger partial charge in [-0.05, 0) is 44.9 Å². The highest BCUT2D eigenvalue weighted by atomic mass is 35.5. The molecule has 160 valence electrons. The molecule has 0 radical (unpaired) electrons. The quantitative estimate of drug-likeness (QED) is 0.371. The van der Waals surface area contributed by atoms with Crippen molar-refractivity contribution < 1.29 is 0 Å². The average Bonchev–Trinajstić information content (AvgIpc) is 2.66. The summed E-state index contributed by atoms with van der Waals surface area (Å²) in [4.78, 5) is 19.3. The van der Waals surface area contributed by atoms with Crippen molar-refractivity contribution in [1.29, 1.82) is 0 Å². The molecule has 1 heterocycles. The van der Waals surface area contributed by atoms with Crippen LogP contribution in [0.2, 0.25) is 5.02 Å². The van der Waals surface area contributed by atoms with Crippen LogP contribution in [-0.2, 0) is 0 Å². The number of hydrogen-bond donors (Lipinski definition) is 0. The van der Waals surface area contributed by atoms with E-state index in [1.165, 1.54) is 51.4 Å². The molecule has 0 fully saturated rings. The molecule has 0 amide bonds. The number of nitrogens with zero attached hydrogens (tertiary/aromatic N) is 3. The van der Waals surface area contributed by atoms with Gasteiger partial charge in [-0.15, -0.1) is 0 Å². The Morgan fingerprint density at radius 3 is 2.07 bits per heavy atom. The van der Waals surface area contributed by atoms with Crippen molar-refractivity contribution in [3.63, 3.8) is 0 Å². The first-order valence-corrected chi connectivity index (χ1v) is 11.5. The van der Waals surface area contributed by atoms with E-state index in [1.807, 2.05) is 26.0 Å². The van der Waals surface area contributed by atoms with Crippen molar-refractivity contribution >= 4 is 17.3 Å². The van der Waals surface area contributed by atoms with E-state index in [4.69, 9.17) is 11.6 Å². The Kier molecular flexibility index (Phi) is 9.72. The van der Waals surface area contributed by atoms with Crippen LogP contribution in [0.25, 0.3) is 5.69 Å². The fraction of sp³-hybridized carbons (Fsp3) is 0.583. The number of rotatable bonds is 12. The molecule has 1 aromatic carbocycles. The normalized spacial score (nSPS) is 11.1. The highest BCUT2D eigenvalue weighted by Crippen LogP contribution is 2.29. The molecule has 2 rings (SSSR count). The minimum atomic E-state index is -0.0743. The third-order valence-corrected chi connectivity index (χ3v) is 5.61. The fourth-order valence-electron chi connectivity index (χ4n) is 3.76. The van der Waals surface area contributed by atoms with Gasteiger partial charge < -0.3 is 4.90 Å². The summed E-state index contributed by atoms with van der Waals surface area (Å²) < 4.78 is 1.62. The van der Waals surface area contributed by atoms with Crippen molar-refractivity contribution in [3.8, 4) is 5.69 Å². The van der Waals surface area contributed by atoms with E-state index in [9.17, 15) is 4.79 Å². The molecule has 0 spiro atoms. The van der Waals surface area contributed by atoms with E-state index in [1.54, 1.807) is 10.6 Å². The van der Waals surface area contributed by atoms with Crippen LogP contribution in [-0.4, -0.2) is 22.6 Å². The number of aryl methyl sites for hydroxylation is 2. The molecule has 0 bridgehead atoms. The van der Waals surface area contributed by atoms with Crippen molar-refractivity contribution in [2.24, 2.45) is 0 Å². The third kappa shape index (κ3) is 6.88. The number of aromatic nitrogens is 2. The Balaban J connectivity index is 2.23. The Labute approximate surface area is 180 Å². The molecular formula is C24H36ClN3O. The maximum absolute atomic E-state index is 12.5. The first-order valence-electron chi connectivity index (χ1n) is 11.1. The van der Waals surface area contributed by atoms with E-state index < -0.39 is 0 Å². The lowest BCUT2D eigenvalue weighted by atomic mass is 10.1. The average molecular weight is 418 g/mol. The van der Waals surface area contributed by atoms with Gasteiger partial charge in [0, 0.05) is 24.8 Å². The third-order valence-electron chi connectivity index (χ3n) is 5.31. The first kappa shape index (κ1) is 23.5. The van der Waals surface area contributed by atoms with Gasteiger partial charge in [0.05, 0.1) is 16.4 Å². The van der Waals surface area contributed by atoms with E-state index in [0.29, 0.717) is 10.8 Å². The predicted molar refractivity (Wildman–Crippen MR) is 125 cm³/mol. The lowest BCUT2D eigenvalue weighted by Gasteiger charge is -2.26. The summed E-state index contributed by atoms with van der Waals surface area (Å²) in [6.45, 7) is 10.2. The maximum atomic E-state index is 12.5. The summed E-state index contributed by atoms with van der Waals surface area (Å²) in [5.41, 5.74) is 2.49. The molecule has 0 saturated heterocycles. The van der Waals surface area contributed by atoms with Crippen molar-refractivity contribution in [3.05, 3.63) is 51.2 Å². The van der Waals surface area contributed by atoms with Crippen molar-refractivity contribution in [2.45, 2.75) is 79.1 Å². The molecule has 5 heteroatoms. The van der Waals surface area contributed by atoms with Gasteiger partial charge in [0.15, 0.2) is 0 Å². The van der Waals surface area contributed by atoms with Gasteiger partial charge >= 0.3 is 0 Å². The second-order valence-electron chi connectivity index (χ2n) is 7.86. The molecular weight excluding hydrogens is 382 g/mol. The predicted octanol–water partition coefficient (Wildman–Crippen LogP) is 6.47. The topological polar surface area (TPSA) is 38.1 Å². The van der Waals surface area contributed by atoms with Crippen LogP contribution in [0, 0.1) is 13.8 Å². The molecule has 4 nitrogen and oxygen atoms in total. The van der Waals surface area contributed by atoms with Crippen molar-refractivity contribution in [1.82, 2.24) is 9.55 Å². The SMILES string of the molecule is CCCCCCN(CCCCCC)c1ccc(-n2c(C)nc(C)cc2=O)cc1Cl. The van der Waals surface area contributed by atoms with Crippen LogP contribution in [0.4, 0.5) is 5.69 Å². The molecule has 0 atom stereocenters. The summed E-state index contributed by atoms with van der Waals surface area (Å²) in [6, 6.07) is 7.50. The summed E-state index contributed by atoms with van der Waals surface area (Å²) in [7, 11) is 0. The zero-order chi connectivity index (χ0) is 21.2. The number of benzene rings is 1. The number of hydrogen-bond acceptors (Lipinski definition) is 3. The van der Waals surface area contributed by atoms with Gasteiger partial charge in [0.25, 0.3) is 5.56 Å². The minimum Gasteiger partial charge on any atom is -0.370 e. The fourth-order valence-corrected chi connectivity index (χ4v) is 4.05. The second-order valence-corrected chi connectivity index (χ2v) is 8.27. The van der Waals surface area contributed by atoms with Crippen LogP contribution in [0.5, 0.6) is 0 Å². The molecule has 0 saturated carbocycles. The van der Waals surface area contributed by atoms with Crippen LogP contribution in [0.1, 0.15) is 76.7 Å². The van der Waals surface area contributed by atoms with Crippen LogP contribution >= 0.6 is 11.6 Å². The van der Waals surface area contributed by atoms with Crippen LogP contribution < -0.4 is 10.5 Å². The molecule has 29 heavy (non-hydrogen) atoms. The van der Waals surface area contributed by atoms with E-state index in [0.717, 1.165) is 30.2 Å². The highest BCUT2D eigenvalue weighted by molar-refractivity contribution is 6.33. The summed E-state index contributed by atoms with van der Waals surface area (Å²) in [6.07, 6.45) is 9.90. The Bertz CT molecular complexity index is 819. The lowest BCUT2D eigenvalue weighted by molar-refractivity contribution is 0.609. The molecule has 0 aliphatic rings. The standard InChI is InChI=1S/C24H36ClN3O/c1-5-7-9-11-15-27(16-12-10-8-6-2)23-14-13-21(18-22(23)25)28-20(4)26-19(3)17-24(28)29/h13-14,17-18H,5-12,15-16H2,1-4H3. The van der Waals surface area contributed by atoms with Gasteiger partial charge in [-0.3, -0.25) is 9.36 Å². The number of halogens is 1. The Morgan fingerprint density at radius 2 is 1.55 bits per heavy atom. The molecule has 0 N–H and O–H groups in total. The second kappa shape index (κ2) is 12.0. The van der Waals surface area contributed by atoms with E-state index >= 15 is 0 Å². The van der Waals surface area contributed by atoms with Crippen LogP contribution in [0.15, 0.2) is 29.1 Å². The molecule has 0 unspecified atom stereocenters. The van der Waals surface area contributed by atoms with Gasteiger partial charge in [0.2, 0.25) is 0 Å². The summed E-state index contributed by atoms with van der Waals surface area (Å²) in [5.74, 6) is 0.676. The van der Waals surface area contributed by atoms with Gasteiger partial charge in [0.1, 0.15) is 5.82 Å². The van der Waals surface area contributed by atoms with Crippen molar-refractivity contribution in [2.75, 3.05) is 18.0 Å². The summed E-state index contributed by atoms with van der Waals surface area (Å²) in [5, 5.41) is 0.695. The van der Waals surface area contributed by atoms with E-state index in [2.05, 4.69) is 29.8 Å². The minimum absolute atomic E-state index is 0.0743. The Morgan fingerprint density at radius 1 is 0.931 bits per heavy atom. The van der Waals surface area contributed by atoms with Gasteiger partial charge in [-0.2, -0.15) is 0 Å². The maximum Gasteiger partial charge on any atom is 0.258 e. The largest absolute Gasteiger partial charge is 0.370 e. The number of unbranched alkanes of at least 4 members (excludes halogenated alkanes) is 6. The molecule has 2 aromatic rings. The lowest BCUT2D eigenvalue weighted by Crippen LogP contribution is -2.26.